The van der Waals surface area contributed by atoms with Crippen molar-refractivity contribution in [3.05, 3.63) is 88.9 Å². The van der Waals surface area contributed by atoms with Crippen LogP contribution in [0.2, 0.25) is 5.02 Å². The average Bonchev–Trinajstić information content (AvgIpc) is 2.87. The number of rotatable bonds is 5. The van der Waals surface area contributed by atoms with Crippen LogP contribution in [0, 0.1) is 0 Å². The fourth-order valence-corrected chi connectivity index (χ4v) is 4.53. The van der Waals surface area contributed by atoms with Crippen LogP contribution in [0.5, 0.6) is 0 Å². The second-order valence-electron chi connectivity index (χ2n) is 8.04. The van der Waals surface area contributed by atoms with E-state index >= 15 is 0 Å². The molecule has 5 nitrogen and oxygen atoms in total. The van der Waals surface area contributed by atoms with Gasteiger partial charge in [-0.3, -0.25) is 0 Å². The predicted molar refractivity (Wildman–Crippen MR) is 139 cm³/mol. The minimum Gasteiger partial charge on any atom is -0.462 e. The van der Waals surface area contributed by atoms with Gasteiger partial charge in [0.2, 0.25) is 0 Å². The van der Waals surface area contributed by atoms with E-state index in [1.165, 1.54) is 0 Å². The normalized spacial score (nSPS) is 11.2. The summed E-state index contributed by atoms with van der Waals surface area (Å²) in [4.78, 5) is 31.6. The maximum absolute atomic E-state index is 13.5. The molecule has 4 aromatic carbocycles. The second kappa shape index (κ2) is 9.35. The lowest BCUT2D eigenvalue weighted by Gasteiger charge is -2.17. The third-order valence-corrected chi connectivity index (χ3v) is 6.16. The summed E-state index contributed by atoms with van der Waals surface area (Å²) in [6.45, 7) is 3.77. The summed E-state index contributed by atoms with van der Waals surface area (Å²) in [5.74, 6) is -1.23. The van der Waals surface area contributed by atoms with Crippen LogP contribution >= 0.6 is 11.6 Å². The summed E-state index contributed by atoms with van der Waals surface area (Å²) in [7, 11) is 0. The summed E-state index contributed by atoms with van der Waals surface area (Å²) in [5, 5.41) is 4.95. The number of ether oxygens (including phenoxy) is 2. The Morgan fingerprint density at radius 2 is 1.40 bits per heavy atom. The highest BCUT2D eigenvalue weighted by atomic mass is 35.5. The Labute approximate surface area is 207 Å². The lowest BCUT2D eigenvalue weighted by molar-refractivity contribution is 0.0481. The van der Waals surface area contributed by atoms with Crippen molar-refractivity contribution in [2.24, 2.45) is 0 Å². The van der Waals surface area contributed by atoms with Gasteiger partial charge in [-0.1, -0.05) is 54.1 Å². The van der Waals surface area contributed by atoms with Gasteiger partial charge < -0.3 is 9.47 Å². The van der Waals surface area contributed by atoms with E-state index < -0.39 is 11.9 Å². The molecular formula is C29H22ClNO4. The van der Waals surface area contributed by atoms with Gasteiger partial charge >= 0.3 is 11.9 Å². The number of hydrogen-bond donors (Lipinski definition) is 0. The summed E-state index contributed by atoms with van der Waals surface area (Å²) in [5.41, 5.74) is 1.80. The highest BCUT2D eigenvalue weighted by Crippen LogP contribution is 2.37. The molecule has 35 heavy (non-hydrogen) atoms. The van der Waals surface area contributed by atoms with Gasteiger partial charge in [-0.05, 0) is 65.7 Å². The first-order valence-electron chi connectivity index (χ1n) is 11.4. The van der Waals surface area contributed by atoms with Crippen molar-refractivity contribution < 1.29 is 19.1 Å². The first kappa shape index (κ1) is 22.8. The molecule has 0 N–H and O–H groups in total. The van der Waals surface area contributed by atoms with E-state index in [1.807, 2.05) is 42.5 Å². The maximum Gasteiger partial charge on any atom is 0.341 e. The van der Waals surface area contributed by atoms with Gasteiger partial charge in [0.05, 0.1) is 30.0 Å². The molecule has 1 aromatic heterocycles. The van der Waals surface area contributed by atoms with Crippen LogP contribution in [0.1, 0.15) is 34.6 Å². The molecule has 0 bridgehead atoms. The Morgan fingerprint density at radius 3 is 2.06 bits per heavy atom. The molecule has 0 saturated heterocycles. The fourth-order valence-electron chi connectivity index (χ4n) is 4.40. The number of halogens is 1. The van der Waals surface area contributed by atoms with Crippen LogP contribution < -0.4 is 0 Å². The zero-order valence-electron chi connectivity index (χ0n) is 19.3. The molecule has 0 radical (unpaired) electrons. The summed E-state index contributed by atoms with van der Waals surface area (Å²) in [6, 6.07) is 22.9. The lowest BCUT2D eigenvalue weighted by Crippen LogP contribution is -2.17. The molecule has 0 aliphatic carbocycles. The standard InChI is InChI=1S/C29H22ClNO4/c1-3-34-28(32)25-24-22-16-19-8-6-5-7-18(19)15-20(22)11-14-23(24)31-27(26(25)29(33)35-4-2)17-9-12-21(30)13-10-17/h5-16H,3-4H2,1-2H3. The molecule has 0 unspecified atom stereocenters. The van der Waals surface area contributed by atoms with Crippen molar-refractivity contribution in [1.82, 2.24) is 4.98 Å². The summed E-state index contributed by atoms with van der Waals surface area (Å²) < 4.78 is 10.9. The highest BCUT2D eigenvalue weighted by Gasteiger charge is 2.29. The SMILES string of the molecule is CCOC(=O)c1c(-c2ccc(Cl)cc2)nc2ccc3cc4ccccc4cc3c2c1C(=O)OCC. The monoisotopic (exact) mass is 483 g/mol. The van der Waals surface area contributed by atoms with Crippen LogP contribution in [0.3, 0.4) is 0 Å². The molecule has 0 aliphatic rings. The minimum atomic E-state index is -0.632. The number of fused-ring (bicyclic) bond motifs is 4. The van der Waals surface area contributed by atoms with Crippen molar-refractivity contribution in [2.45, 2.75) is 13.8 Å². The molecule has 0 aliphatic heterocycles. The van der Waals surface area contributed by atoms with Gasteiger partial charge in [0, 0.05) is 16.0 Å². The number of carbonyl (C=O) groups excluding carboxylic acids is 2. The number of hydrogen-bond acceptors (Lipinski definition) is 5. The Hall–Kier alpha value is -3.96. The molecule has 5 rings (SSSR count). The van der Waals surface area contributed by atoms with E-state index in [0.29, 0.717) is 27.2 Å². The van der Waals surface area contributed by atoms with Crippen LogP contribution in [0.4, 0.5) is 0 Å². The molecule has 0 atom stereocenters. The quantitative estimate of drug-likeness (QED) is 0.150. The van der Waals surface area contributed by atoms with E-state index in [2.05, 4.69) is 6.07 Å². The number of carbonyl (C=O) groups is 2. The van der Waals surface area contributed by atoms with E-state index in [9.17, 15) is 9.59 Å². The summed E-state index contributed by atoms with van der Waals surface area (Å²) in [6.07, 6.45) is 0. The zero-order chi connectivity index (χ0) is 24.5. The van der Waals surface area contributed by atoms with Gasteiger partial charge in [0.25, 0.3) is 0 Å². The Kier molecular flexibility index (Phi) is 6.10. The number of nitrogens with zero attached hydrogens (tertiary/aromatic N) is 1. The molecule has 6 heteroatoms. The molecule has 0 fully saturated rings. The van der Waals surface area contributed by atoms with Crippen molar-refractivity contribution >= 4 is 56.0 Å². The molecule has 0 amide bonds. The summed E-state index contributed by atoms with van der Waals surface area (Å²) >= 11 is 6.10. The molecular weight excluding hydrogens is 462 g/mol. The number of aromatic nitrogens is 1. The van der Waals surface area contributed by atoms with Crippen molar-refractivity contribution in [2.75, 3.05) is 13.2 Å². The van der Waals surface area contributed by atoms with Crippen LogP contribution in [0.25, 0.3) is 43.7 Å². The van der Waals surface area contributed by atoms with Crippen molar-refractivity contribution in [3.8, 4) is 11.3 Å². The third-order valence-electron chi connectivity index (χ3n) is 5.91. The van der Waals surface area contributed by atoms with Crippen molar-refractivity contribution in [1.29, 1.82) is 0 Å². The zero-order valence-corrected chi connectivity index (χ0v) is 20.1. The lowest BCUT2D eigenvalue weighted by atomic mass is 9.92. The largest absolute Gasteiger partial charge is 0.462 e. The van der Waals surface area contributed by atoms with Gasteiger partial charge in [0.15, 0.2) is 0 Å². The van der Waals surface area contributed by atoms with Gasteiger partial charge in [-0.25, -0.2) is 14.6 Å². The molecule has 1 heterocycles. The molecule has 174 valence electrons. The smallest absolute Gasteiger partial charge is 0.341 e. The van der Waals surface area contributed by atoms with E-state index in [0.717, 1.165) is 21.5 Å². The predicted octanol–water partition coefficient (Wildman–Crippen LogP) is 7.22. The topological polar surface area (TPSA) is 65.5 Å². The Bertz CT molecular complexity index is 1610. The molecule has 5 aromatic rings. The number of benzene rings is 4. The maximum atomic E-state index is 13.5. The Morgan fingerprint density at radius 1 is 0.771 bits per heavy atom. The van der Waals surface area contributed by atoms with Crippen molar-refractivity contribution in [3.63, 3.8) is 0 Å². The fraction of sp³-hybridized carbons (Fsp3) is 0.138. The Balaban J connectivity index is 1.96. The van der Waals surface area contributed by atoms with Gasteiger partial charge in [0.1, 0.15) is 5.56 Å². The van der Waals surface area contributed by atoms with Crippen LogP contribution in [-0.2, 0) is 9.47 Å². The first-order chi connectivity index (χ1) is 17.0. The van der Waals surface area contributed by atoms with Crippen LogP contribution in [-0.4, -0.2) is 30.1 Å². The van der Waals surface area contributed by atoms with E-state index in [4.69, 9.17) is 26.1 Å². The van der Waals surface area contributed by atoms with Crippen LogP contribution in [0.15, 0.2) is 72.8 Å². The number of pyridine rings is 1. The number of esters is 2. The third kappa shape index (κ3) is 4.08. The molecule has 0 spiro atoms. The minimum absolute atomic E-state index is 0.0841. The van der Waals surface area contributed by atoms with E-state index in [1.54, 1.807) is 38.1 Å². The average molecular weight is 484 g/mol. The molecule has 0 saturated carbocycles. The first-order valence-corrected chi connectivity index (χ1v) is 11.8. The van der Waals surface area contributed by atoms with Gasteiger partial charge in [-0.15, -0.1) is 0 Å². The van der Waals surface area contributed by atoms with Gasteiger partial charge in [-0.2, -0.15) is 0 Å². The second-order valence-corrected chi connectivity index (χ2v) is 8.47. The highest BCUT2D eigenvalue weighted by molar-refractivity contribution is 6.30. The van der Waals surface area contributed by atoms with E-state index in [-0.39, 0.29) is 24.3 Å².